The van der Waals surface area contributed by atoms with E-state index in [1.54, 1.807) is 24.3 Å². The first-order valence-corrected chi connectivity index (χ1v) is 14.1. The molecule has 0 atom stereocenters. The summed E-state index contributed by atoms with van der Waals surface area (Å²) in [5.41, 5.74) is 1.70. The highest BCUT2D eigenvalue weighted by molar-refractivity contribution is 5.32. The van der Waals surface area contributed by atoms with Crippen molar-refractivity contribution in [2.75, 3.05) is 26.4 Å². The molecule has 2 fully saturated rings. The highest BCUT2D eigenvalue weighted by Gasteiger charge is 2.36. The van der Waals surface area contributed by atoms with E-state index in [-0.39, 0.29) is 41.9 Å². The highest BCUT2D eigenvalue weighted by Crippen LogP contribution is 2.35. The third kappa shape index (κ3) is 7.29. The molecular weight excluding hydrogens is 559 g/mol. The molecule has 0 unspecified atom stereocenters. The molecule has 0 aliphatic carbocycles. The molecule has 0 aromatic heterocycles. The smallest absolute Gasteiger partial charge is 0.426 e. The van der Waals surface area contributed by atoms with Crippen LogP contribution < -0.4 is 4.74 Å². The van der Waals surface area contributed by atoms with E-state index in [1.165, 1.54) is 24.3 Å². The Hall–Kier alpha value is -3.05. The van der Waals surface area contributed by atoms with Gasteiger partial charge in [-0.05, 0) is 60.4 Å². The lowest BCUT2D eigenvalue weighted by Crippen LogP contribution is -2.42. The fourth-order valence-electron chi connectivity index (χ4n) is 5.02. The first-order valence-electron chi connectivity index (χ1n) is 14.1. The minimum atomic E-state index is -3.48. The molecule has 0 radical (unpaired) electrons. The molecule has 0 bridgehead atoms. The van der Waals surface area contributed by atoms with Crippen molar-refractivity contribution < 1.29 is 45.6 Å². The molecule has 5 nitrogen and oxygen atoms in total. The zero-order valence-electron chi connectivity index (χ0n) is 23.2. The number of alkyl halides is 2. The van der Waals surface area contributed by atoms with Crippen LogP contribution in [0.2, 0.25) is 0 Å². The van der Waals surface area contributed by atoms with Crippen molar-refractivity contribution in [1.29, 1.82) is 0 Å². The quantitative estimate of drug-likeness (QED) is 0.137. The summed E-state index contributed by atoms with van der Waals surface area (Å²) in [7, 11) is 0. The van der Waals surface area contributed by atoms with Gasteiger partial charge in [-0.25, -0.2) is 13.2 Å². The number of unbranched alkanes of at least 4 members (excludes halogenated alkanes) is 2. The van der Waals surface area contributed by atoms with Crippen molar-refractivity contribution in [2.45, 2.75) is 57.2 Å². The van der Waals surface area contributed by atoms with Crippen molar-refractivity contribution in [2.24, 2.45) is 5.92 Å². The monoisotopic (exact) mass is 592 g/mol. The molecule has 3 aromatic rings. The molecule has 0 amide bonds. The number of rotatable bonds is 10. The van der Waals surface area contributed by atoms with Crippen LogP contribution in [0.15, 0.2) is 60.7 Å². The Morgan fingerprint density at radius 2 is 1.38 bits per heavy atom. The summed E-state index contributed by atoms with van der Waals surface area (Å²) in [4.78, 5) is 0. The largest absolute Gasteiger partial charge is 0.429 e. The molecule has 2 saturated heterocycles. The summed E-state index contributed by atoms with van der Waals surface area (Å²) in [6.45, 7) is 3.04. The van der Waals surface area contributed by atoms with Gasteiger partial charge in [0.25, 0.3) is 0 Å². The number of ether oxygens (including phenoxy) is 5. The van der Waals surface area contributed by atoms with Gasteiger partial charge in [0, 0.05) is 11.5 Å². The Kier molecular flexibility index (Phi) is 9.77. The van der Waals surface area contributed by atoms with Crippen LogP contribution >= 0.6 is 0 Å². The number of hydrogen-bond donors (Lipinski definition) is 0. The van der Waals surface area contributed by atoms with Gasteiger partial charge >= 0.3 is 6.11 Å². The van der Waals surface area contributed by atoms with Crippen molar-refractivity contribution in [3.63, 3.8) is 0 Å². The van der Waals surface area contributed by atoms with Crippen LogP contribution in [0, 0.1) is 23.4 Å². The first-order chi connectivity index (χ1) is 20.2. The van der Waals surface area contributed by atoms with E-state index < -0.39 is 36.1 Å². The summed E-state index contributed by atoms with van der Waals surface area (Å²) in [5, 5.41) is 0. The SMILES string of the molecule is CCCCCc1ccc(C(F)(F)Oc2ccc(C3COC(C4COC(c5cc(F)c(F)c(F)c5)OC4)OC3)cc2)cc1. The minimum Gasteiger partial charge on any atom is -0.429 e. The standard InChI is InChI=1S/C32H33F5O5/c1-2-3-4-5-20-6-10-25(11-7-20)32(36,37)42-26-12-8-21(9-13-26)23-16-38-31(39-17-23)24-18-40-30(41-19-24)22-14-27(33)29(35)28(34)15-22/h6-15,23-24,30-31H,2-5,16-19H2,1H3. The Bertz CT molecular complexity index is 1280. The van der Waals surface area contributed by atoms with Crippen LogP contribution in [0.5, 0.6) is 5.75 Å². The van der Waals surface area contributed by atoms with Gasteiger partial charge < -0.3 is 23.7 Å². The third-order valence-electron chi connectivity index (χ3n) is 7.47. The maximum absolute atomic E-state index is 14.8. The van der Waals surface area contributed by atoms with Crippen LogP contribution in [0.25, 0.3) is 0 Å². The molecule has 0 saturated carbocycles. The molecular formula is C32H33F5O5. The normalized spacial score (nSPS) is 23.1. The maximum atomic E-state index is 14.8. The minimum absolute atomic E-state index is 0.0382. The molecule has 0 N–H and O–H groups in total. The predicted molar refractivity (Wildman–Crippen MR) is 144 cm³/mol. The average molecular weight is 593 g/mol. The van der Waals surface area contributed by atoms with Gasteiger partial charge in [0.1, 0.15) is 5.75 Å². The molecule has 10 heteroatoms. The summed E-state index contributed by atoms with van der Waals surface area (Å²) in [5.74, 6) is -4.57. The van der Waals surface area contributed by atoms with Gasteiger partial charge in [-0.2, -0.15) is 8.78 Å². The van der Waals surface area contributed by atoms with Crippen molar-refractivity contribution >= 4 is 0 Å². The summed E-state index contributed by atoms with van der Waals surface area (Å²) < 4.78 is 97.9. The lowest BCUT2D eigenvalue weighted by atomic mass is 9.99. The van der Waals surface area contributed by atoms with Crippen LogP contribution in [0.3, 0.4) is 0 Å². The lowest BCUT2D eigenvalue weighted by Gasteiger charge is -2.37. The highest BCUT2D eigenvalue weighted by atomic mass is 19.3. The lowest BCUT2D eigenvalue weighted by molar-refractivity contribution is -0.277. The Morgan fingerprint density at radius 3 is 1.98 bits per heavy atom. The fourth-order valence-corrected chi connectivity index (χ4v) is 5.02. The first kappa shape index (κ1) is 30.4. The number of benzene rings is 3. The van der Waals surface area contributed by atoms with Gasteiger partial charge in [-0.3, -0.25) is 0 Å². The topological polar surface area (TPSA) is 46.2 Å². The summed E-state index contributed by atoms with van der Waals surface area (Å²) in [6, 6.07) is 14.4. The molecule has 3 aromatic carbocycles. The van der Waals surface area contributed by atoms with E-state index >= 15 is 0 Å². The van der Waals surface area contributed by atoms with Gasteiger partial charge in [-0.15, -0.1) is 0 Å². The number of aryl methyl sites for hydroxylation is 1. The van der Waals surface area contributed by atoms with Crippen LogP contribution in [-0.2, 0) is 31.5 Å². The van der Waals surface area contributed by atoms with E-state index in [4.69, 9.17) is 23.7 Å². The summed E-state index contributed by atoms with van der Waals surface area (Å²) in [6.07, 6.45) is -1.03. The maximum Gasteiger partial charge on any atom is 0.426 e. The fraction of sp³-hybridized carbons (Fsp3) is 0.438. The van der Waals surface area contributed by atoms with Gasteiger partial charge in [0.15, 0.2) is 30.0 Å². The predicted octanol–water partition coefficient (Wildman–Crippen LogP) is 7.78. The van der Waals surface area contributed by atoms with Crippen LogP contribution in [0.1, 0.15) is 60.6 Å². The zero-order valence-corrected chi connectivity index (χ0v) is 23.2. The van der Waals surface area contributed by atoms with E-state index in [2.05, 4.69) is 6.92 Å². The van der Waals surface area contributed by atoms with Crippen molar-refractivity contribution in [3.8, 4) is 5.75 Å². The van der Waals surface area contributed by atoms with Gasteiger partial charge in [0.05, 0.1) is 37.9 Å². The number of halogens is 5. The summed E-state index contributed by atoms with van der Waals surface area (Å²) >= 11 is 0. The second-order valence-electron chi connectivity index (χ2n) is 10.6. The van der Waals surface area contributed by atoms with Crippen LogP contribution in [-0.4, -0.2) is 32.7 Å². The van der Waals surface area contributed by atoms with E-state index in [9.17, 15) is 22.0 Å². The molecule has 42 heavy (non-hydrogen) atoms. The van der Waals surface area contributed by atoms with Crippen molar-refractivity contribution in [3.05, 3.63) is 100 Å². The van der Waals surface area contributed by atoms with Gasteiger partial charge in [0.2, 0.25) is 0 Å². The Labute approximate surface area is 241 Å². The second-order valence-corrected chi connectivity index (χ2v) is 10.6. The van der Waals surface area contributed by atoms with Crippen LogP contribution in [0.4, 0.5) is 22.0 Å². The van der Waals surface area contributed by atoms with Crippen molar-refractivity contribution in [1.82, 2.24) is 0 Å². The molecule has 0 spiro atoms. The molecule has 226 valence electrons. The second kappa shape index (κ2) is 13.5. The van der Waals surface area contributed by atoms with E-state index in [0.29, 0.717) is 13.2 Å². The molecule has 2 aliphatic rings. The molecule has 5 rings (SSSR count). The Morgan fingerprint density at radius 1 is 0.762 bits per heavy atom. The molecule has 2 aliphatic heterocycles. The third-order valence-corrected chi connectivity index (χ3v) is 7.47. The van der Waals surface area contributed by atoms with E-state index in [1.807, 2.05) is 0 Å². The molecule has 2 heterocycles. The number of hydrogen-bond acceptors (Lipinski definition) is 5. The van der Waals surface area contributed by atoms with E-state index in [0.717, 1.165) is 48.9 Å². The average Bonchev–Trinajstić information content (AvgIpc) is 3.00. The zero-order chi connectivity index (χ0) is 29.7. The van der Waals surface area contributed by atoms with Gasteiger partial charge in [-0.1, -0.05) is 44.0 Å². The Balaban J connectivity index is 1.09.